The third kappa shape index (κ3) is 6.57. The molecule has 0 saturated heterocycles. The fourth-order valence-corrected chi connectivity index (χ4v) is 2.08. The van der Waals surface area contributed by atoms with Crippen molar-refractivity contribution in [3.05, 3.63) is 28.8 Å². The van der Waals surface area contributed by atoms with Gasteiger partial charge in [0.2, 0.25) is 0 Å². The normalized spacial score (nSPS) is 12.6. The van der Waals surface area contributed by atoms with Gasteiger partial charge in [0, 0.05) is 29.3 Å². The molecule has 6 heteroatoms. The summed E-state index contributed by atoms with van der Waals surface area (Å²) in [6, 6.07) is 5.05. The predicted molar refractivity (Wildman–Crippen MR) is 82.0 cm³/mol. The molecular weight excluding hydrogens is 301 g/mol. The summed E-state index contributed by atoms with van der Waals surface area (Å²) in [5, 5.41) is 3.78. The molecule has 0 aliphatic carbocycles. The SMILES string of the molecule is CCN(CC(F)(F)F)c1ccc(CNC(C)(C)C)c(Cl)c1. The Morgan fingerprint density at radius 1 is 1.19 bits per heavy atom. The second-order valence-electron chi connectivity index (χ2n) is 6.01. The fraction of sp³-hybridized carbons (Fsp3) is 0.600. The van der Waals surface area contributed by atoms with Gasteiger partial charge in [-0.3, -0.25) is 0 Å². The van der Waals surface area contributed by atoms with Crippen LogP contribution in [0.4, 0.5) is 18.9 Å². The van der Waals surface area contributed by atoms with Crippen molar-refractivity contribution in [1.29, 1.82) is 0 Å². The maximum absolute atomic E-state index is 12.5. The molecule has 0 amide bonds. The molecule has 0 bridgehead atoms. The van der Waals surface area contributed by atoms with E-state index in [1.165, 1.54) is 4.90 Å². The van der Waals surface area contributed by atoms with Crippen LogP contribution in [0, 0.1) is 0 Å². The van der Waals surface area contributed by atoms with Gasteiger partial charge in [-0.15, -0.1) is 0 Å². The molecule has 2 nitrogen and oxygen atoms in total. The molecule has 1 aromatic carbocycles. The van der Waals surface area contributed by atoms with Gasteiger partial charge < -0.3 is 10.2 Å². The standard InChI is InChI=1S/C15H22ClF3N2/c1-5-21(10-15(17,18)19)12-7-6-11(13(16)8-12)9-20-14(2,3)4/h6-8,20H,5,9-10H2,1-4H3. The molecule has 1 rings (SSSR count). The Hall–Kier alpha value is -0.940. The smallest absolute Gasteiger partial charge is 0.363 e. The zero-order valence-corrected chi connectivity index (χ0v) is 13.6. The summed E-state index contributed by atoms with van der Waals surface area (Å²) in [7, 11) is 0. The zero-order chi connectivity index (χ0) is 16.3. The number of rotatable bonds is 5. The summed E-state index contributed by atoms with van der Waals surface area (Å²) in [6.45, 7) is 7.68. The summed E-state index contributed by atoms with van der Waals surface area (Å²) >= 11 is 6.18. The first kappa shape index (κ1) is 18.1. The molecule has 0 spiro atoms. The second kappa shape index (κ2) is 6.88. The first-order valence-electron chi connectivity index (χ1n) is 6.87. The summed E-state index contributed by atoms with van der Waals surface area (Å²) in [5.74, 6) is 0. The lowest BCUT2D eigenvalue weighted by molar-refractivity contribution is -0.119. The van der Waals surface area contributed by atoms with Crippen molar-refractivity contribution in [2.45, 2.75) is 46.0 Å². The first-order chi connectivity index (χ1) is 9.52. The maximum atomic E-state index is 12.5. The molecule has 1 aromatic rings. The molecule has 0 atom stereocenters. The molecule has 0 aliphatic rings. The average molecular weight is 323 g/mol. The third-order valence-corrected chi connectivity index (χ3v) is 3.31. The van der Waals surface area contributed by atoms with E-state index in [4.69, 9.17) is 11.6 Å². The molecule has 0 aliphatic heterocycles. The van der Waals surface area contributed by atoms with Gasteiger partial charge >= 0.3 is 6.18 Å². The van der Waals surface area contributed by atoms with E-state index in [0.717, 1.165) is 5.56 Å². The molecule has 1 N–H and O–H groups in total. The monoisotopic (exact) mass is 322 g/mol. The lowest BCUT2D eigenvalue weighted by Crippen LogP contribution is -2.35. The van der Waals surface area contributed by atoms with E-state index in [1.807, 2.05) is 20.8 Å². The van der Waals surface area contributed by atoms with E-state index in [1.54, 1.807) is 25.1 Å². The number of hydrogen-bond acceptors (Lipinski definition) is 2. The summed E-state index contributed by atoms with van der Waals surface area (Å²) in [6.07, 6.45) is -4.23. The highest BCUT2D eigenvalue weighted by Crippen LogP contribution is 2.27. The highest BCUT2D eigenvalue weighted by Gasteiger charge is 2.30. The first-order valence-corrected chi connectivity index (χ1v) is 7.25. The Bertz CT molecular complexity index is 467. The number of benzene rings is 1. The van der Waals surface area contributed by atoms with E-state index >= 15 is 0 Å². The van der Waals surface area contributed by atoms with Crippen molar-refractivity contribution < 1.29 is 13.2 Å². The van der Waals surface area contributed by atoms with Gasteiger partial charge in [0.1, 0.15) is 6.54 Å². The van der Waals surface area contributed by atoms with E-state index in [0.29, 0.717) is 17.3 Å². The van der Waals surface area contributed by atoms with Crippen molar-refractivity contribution in [2.75, 3.05) is 18.0 Å². The third-order valence-electron chi connectivity index (χ3n) is 2.96. The van der Waals surface area contributed by atoms with Crippen molar-refractivity contribution >= 4 is 17.3 Å². The van der Waals surface area contributed by atoms with Gasteiger partial charge in [-0.1, -0.05) is 17.7 Å². The van der Waals surface area contributed by atoms with Gasteiger partial charge in [-0.2, -0.15) is 13.2 Å². The molecule has 0 fully saturated rings. The van der Waals surface area contributed by atoms with E-state index in [2.05, 4.69) is 5.32 Å². The minimum Gasteiger partial charge on any atom is -0.363 e. The quantitative estimate of drug-likeness (QED) is 0.851. The number of hydrogen-bond donors (Lipinski definition) is 1. The number of halogens is 4. The molecular formula is C15H22ClF3N2. The van der Waals surface area contributed by atoms with Crippen molar-refractivity contribution in [3.63, 3.8) is 0 Å². The van der Waals surface area contributed by atoms with Crippen LogP contribution < -0.4 is 10.2 Å². The van der Waals surface area contributed by atoms with Gasteiger partial charge in [-0.25, -0.2) is 0 Å². The Labute approximate surface area is 129 Å². The minimum atomic E-state index is -4.23. The van der Waals surface area contributed by atoms with Crippen LogP contribution in [0.15, 0.2) is 18.2 Å². The minimum absolute atomic E-state index is 0.0479. The van der Waals surface area contributed by atoms with Gasteiger partial charge in [-0.05, 0) is 45.4 Å². The Balaban J connectivity index is 2.85. The Morgan fingerprint density at radius 3 is 2.24 bits per heavy atom. The van der Waals surface area contributed by atoms with Crippen molar-refractivity contribution in [2.24, 2.45) is 0 Å². The second-order valence-corrected chi connectivity index (χ2v) is 6.42. The van der Waals surface area contributed by atoms with Crippen LogP contribution >= 0.6 is 11.6 Å². The Kier molecular flexibility index (Phi) is 5.93. The van der Waals surface area contributed by atoms with Gasteiger partial charge in [0.25, 0.3) is 0 Å². The van der Waals surface area contributed by atoms with Crippen molar-refractivity contribution in [1.82, 2.24) is 5.32 Å². The summed E-state index contributed by atoms with van der Waals surface area (Å²) in [4.78, 5) is 1.26. The topological polar surface area (TPSA) is 15.3 Å². The van der Waals surface area contributed by atoms with Crippen LogP contribution in [-0.2, 0) is 6.54 Å². The van der Waals surface area contributed by atoms with Crippen LogP contribution in [0.3, 0.4) is 0 Å². The van der Waals surface area contributed by atoms with E-state index in [-0.39, 0.29) is 12.1 Å². The molecule has 0 heterocycles. The molecule has 21 heavy (non-hydrogen) atoms. The van der Waals surface area contributed by atoms with Gasteiger partial charge in [0.15, 0.2) is 0 Å². The lowest BCUT2D eigenvalue weighted by Gasteiger charge is -2.25. The number of nitrogens with zero attached hydrogens (tertiary/aromatic N) is 1. The lowest BCUT2D eigenvalue weighted by atomic mass is 10.1. The Morgan fingerprint density at radius 2 is 1.81 bits per heavy atom. The van der Waals surface area contributed by atoms with Crippen LogP contribution in [0.2, 0.25) is 5.02 Å². The highest BCUT2D eigenvalue weighted by atomic mass is 35.5. The largest absolute Gasteiger partial charge is 0.405 e. The van der Waals surface area contributed by atoms with Gasteiger partial charge in [0.05, 0.1) is 0 Å². The predicted octanol–water partition coefficient (Wildman–Crippen LogP) is 4.62. The maximum Gasteiger partial charge on any atom is 0.405 e. The highest BCUT2D eigenvalue weighted by molar-refractivity contribution is 6.31. The van der Waals surface area contributed by atoms with Crippen LogP contribution in [0.1, 0.15) is 33.3 Å². The number of anilines is 1. The van der Waals surface area contributed by atoms with Crippen LogP contribution in [0.5, 0.6) is 0 Å². The molecule has 0 aromatic heterocycles. The number of alkyl halides is 3. The molecule has 120 valence electrons. The fourth-order valence-electron chi connectivity index (χ4n) is 1.84. The van der Waals surface area contributed by atoms with Crippen molar-refractivity contribution in [3.8, 4) is 0 Å². The molecule has 0 saturated carbocycles. The number of nitrogens with one attached hydrogen (secondary N) is 1. The summed E-state index contributed by atoms with van der Waals surface area (Å²) < 4.78 is 37.6. The molecule has 0 unspecified atom stereocenters. The average Bonchev–Trinajstić information content (AvgIpc) is 2.32. The zero-order valence-electron chi connectivity index (χ0n) is 12.8. The van der Waals surface area contributed by atoms with Crippen LogP contribution in [-0.4, -0.2) is 24.8 Å². The molecule has 0 radical (unpaired) electrons. The van der Waals surface area contributed by atoms with E-state index in [9.17, 15) is 13.2 Å². The van der Waals surface area contributed by atoms with E-state index < -0.39 is 12.7 Å². The van der Waals surface area contributed by atoms with Crippen LogP contribution in [0.25, 0.3) is 0 Å². The summed E-state index contributed by atoms with van der Waals surface area (Å²) in [5.41, 5.74) is 1.31.